The Morgan fingerprint density at radius 2 is 1.95 bits per heavy atom. The van der Waals surface area contributed by atoms with E-state index in [1.54, 1.807) is 18.2 Å². The van der Waals surface area contributed by atoms with Gasteiger partial charge in [-0.05, 0) is 32.9 Å². The van der Waals surface area contributed by atoms with Crippen LogP contribution in [0.1, 0.15) is 20.8 Å². The van der Waals surface area contributed by atoms with Crippen LogP contribution < -0.4 is 19.5 Å². The van der Waals surface area contributed by atoms with Crippen molar-refractivity contribution in [3.8, 4) is 17.2 Å². The van der Waals surface area contributed by atoms with Crippen LogP contribution in [0, 0.1) is 0 Å². The van der Waals surface area contributed by atoms with Crippen LogP contribution in [0.2, 0.25) is 0 Å². The summed E-state index contributed by atoms with van der Waals surface area (Å²) in [6, 6.07) is 5.28. The van der Waals surface area contributed by atoms with Gasteiger partial charge in [-0.25, -0.2) is 0 Å². The Morgan fingerprint density at radius 3 is 2.63 bits per heavy atom. The van der Waals surface area contributed by atoms with Gasteiger partial charge in [0.05, 0.1) is 0 Å². The van der Waals surface area contributed by atoms with Crippen molar-refractivity contribution >= 4 is 5.91 Å². The molecule has 104 valence electrons. The highest BCUT2D eigenvalue weighted by Gasteiger charge is 2.15. The van der Waals surface area contributed by atoms with Crippen LogP contribution in [-0.2, 0) is 4.79 Å². The zero-order valence-electron chi connectivity index (χ0n) is 11.5. The first kappa shape index (κ1) is 13.5. The molecule has 1 amide bonds. The summed E-state index contributed by atoms with van der Waals surface area (Å²) in [4.78, 5) is 11.6. The lowest BCUT2D eigenvalue weighted by atomic mass is 10.1. The van der Waals surface area contributed by atoms with Crippen molar-refractivity contribution < 1.29 is 19.0 Å². The Balaban J connectivity index is 1.91. The average molecular weight is 265 g/mol. The van der Waals surface area contributed by atoms with Gasteiger partial charge < -0.3 is 19.5 Å². The standard InChI is InChI=1S/C14H19NO4/c1-14(2,3)15-13(16)9-19-10-4-5-11-12(8-10)18-7-6-17-11/h4-5,8H,6-7,9H2,1-3H3,(H,15,16). The van der Waals surface area contributed by atoms with Gasteiger partial charge in [-0.15, -0.1) is 0 Å². The molecule has 1 aromatic carbocycles. The van der Waals surface area contributed by atoms with Gasteiger partial charge in [0.15, 0.2) is 18.1 Å². The molecule has 2 rings (SSSR count). The summed E-state index contributed by atoms with van der Waals surface area (Å²) < 4.78 is 16.3. The molecular weight excluding hydrogens is 246 g/mol. The first-order valence-corrected chi connectivity index (χ1v) is 6.27. The summed E-state index contributed by atoms with van der Waals surface area (Å²) in [5.41, 5.74) is -0.257. The number of amides is 1. The Morgan fingerprint density at radius 1 is 1.26 bits per heavy atom. The maximum atomic E-state index is 11.6. The molecule has 0 saturated heterocycles. The second-order valence-corrected chi connectivity index (χ2v) is 5.39. The van der Waals surface area contributed by atoms with Crippen molar-refractivity contribution in [2.45, 2.75) is 26.3 Å². The third kappa shape index (κ3) is 4.05. The monoisotopic (exact) mass is 265 g/mol. The van der Waals surface area contributed by atoms with Crippen LogP contribution in [0.3, 0.4) is 0 Å². The molecule has 5 heteroatoms. The van der Waals surface area contributed by atoms with Gasteiger partial charge >= 0.3 is 0 Å². The third-order valence-electron chi connectivity index (χ3n) is 2.40. The van der Waals surface area contributed by atoms with Gasteiger partial charge in [-0.3, -0.25) is 4.79 Å². The molecule has 5 nitrogen and oxygen atoms in total. The molecule has 1 heterocycles. The van der Waals surface area contributed by atoms with Gasteiger partial charge in [0.25, 0.3) is 5.91 Å². The molecule has 19 heavy (non-hydrogen) atoms. The molecule has 1 aliphatic rings. The van der Waals surface area contributed by atoms with Gasteiger partial charge in [0, 0.05) is 11.6 Å². The highest BCUT2D eigenvalue weighted by Crippen LogP contribution is 2.33. The average Bonchev–Trinajstić information content (AvgIpc) is 2.34. The number of fused-ring (bicyclic) bond motifs is 1. The van der Waals surface area contributed by atoms with Crippen molar-refractivity contribution in [1.82, 2.24) is 5.32 Å². The summed E-state index contributed by atoms with van der Waals surface area (Å²) in [7, 11) is 0. The van der Waals surface area contributed by atoms with E-state index in [0.29, 0.717) is 30.5 Å². The Labute approximate surface area is 112 Å². The molecule has 0 saturated carbocycles. The second kappa shape index (κ2) is 5.38. The fourth-order valence-corrected chi connectivity index (χ4v) is 1.72. The summed E-state index contributed by atoms with van der Waals surface area (Å²) in [5.74, 6) is 1.80. The van der Waals surface area contributed by atoms with Crippen LogP contribution in [-0.4, -0.2) is 31.3 Å². The van der Waals surface area contributed by atoms with Crippen LogP contribution >= 0.6 is 0 Å². The second-order valence-electron chi connectivity index (χ2n) is 5.39. The fraction of sp³-hybridized carbons (Fsp3) is 0.500. The van der Waals surface area contributed by atoms with Gasteiger partial charge in [-0.2, -0.15) is 0 Å². The van der Waals surface area contributed by atoms with E-state index in [4.69, 9.17) is 14.2 Å². The summed E-state index contributed by atoms with van der Waals surface area (Å²) in [6.45, 7) is 6.85. The number of ether oxygens (including phenoxy) is 3. The predicted octanol–water partition coefficient (Wildman–Crippen LogP) is 1.75. The first-order valence-electron chi connectivity index (χ1n) is 6.27. The molecule has 0 aliphatic carbocycles. The lowest BCUT2D eigenvalue weighted by Crippen LogP contribution is -2.43. The number of carbonyl (C=O) groups is 1. The quantitative estimate of drug-likeness (QED) is 0.904. The van der Waals surface area contributed by atoms with E-state index >= 15 is 0 Å². The van der Waals surface area contributed by atoms with Crippen LogP contribution in [0.5, 0.6) is 17.2 Å². The van der Waals surface area contributed by atoms with Crippen molar-refractivity contribution in [3.63, 3.8) is 0 Å². The number of hydrogen-bond donors (Lipinski definition) is 1. The molecule has 0 unspecified atom stereocenters. The molecule has 0 fully saturated rings. The SMILES string of the molecule is CC(C)(C)NC(=O)COc1ccc2c(c1)OCCO2. The normalized spacial score (nSPS) is 13.8. The van der Waals surface area contributed by atoms with Gasteiger partial charge in [-0.1, -0.05) is 0 Å². The number of benzene rings is 1. The molecule has 0 bridgehead atoms. The lowest BCUT2D eigenvalue weighted by Gasteiger charge is -2.21. The van der Waals surface area contributed by atoms with E-state index < -0.39 is 0 Å². The maximum absolute atomic E-state index is 11.6. The van der Waals surface area contributed by atoms with E-state index in [-0.39, 0.29) is 18.1 Å². The Bertz CT molecular complexity index is 465. The van der Waals surface area contributed by atoms with Crippen molar-refractivity contribution in [2.24, 2.45) is 0 Å². The largest absolute Gasteiger partial charge is 0.486 e. The van der Waals surface area contributed by atoms with E-state index in [0.717, 1.165) is 0 Å². The van der Waals surface area contributed by atoms with E-state index in [9.17, 15) is 4.79 Å². The summed E-state index contributed by atoms with van der Waals surface area (Å²) >= 11 is 0. The zero-order valence-corrected chi connectivity index (χ0v) is 11.5. The summed E-state index contributed by atoms with van der Waals surface area (Å²) in [5, 5.41) is 2.83. The summed E-state index contributed by atoms with van der Waals surface area (Å²) in [6.07, 6.45) is 0. The number of rotatable bonds is 3. The zero-order chi connectivity index (χ0) is 13.9. The molecule has 0 atom stereocenters. The van der Waals surface area contributed by atoms with Gasteiger partial charge in [0.2, 0.25) is 0 Å². The van der Waals surface area contributed by atoms with Gasteiger partial charge in [0.1, 0.15) is 19.0 Å². The molecule has 0 aromatic heterocycles. The highest BCUT2D eigenvalue weighted by atomic mass is 16.6. The van der Waals surface area contributed by atoms with Crippen molar-refractivity contribution in [1.29, 1.82) is 0 Å². The minimum Gasteiger partial charge on any atom is -0.486 e. The lowest BCUT2D eigenvalue weighted by molar-refractivity contribution is -0.124. The van der Waals surface area contributed by atoms with E-state index in [1.807, 2.05) is 20.8 Å². The molecule has 0 radical (unpaired) electrons. The minimum absolute atomic E-state index is 0.0170. The number of nitrogens with one attached hydrogen (secondary N) is 1. The fourth-order valence-electron chi connectivity index (χ4n) is 1.72. The Hall–Kier alpha value is -1.91. The molecule has 1 aromatic rings. The van der Waals surface area contributed by atoms with E-state index in [2.05, 4.69) is 5.32 Å². The number of carbonyl (C=O) groups excluding carboxylic acids is 1. The molecule has 1 N–H and O–H groups in total. The highest BCUT2D eigenvalue weighted by molar-refractivity contribution is 5.78. The first-order chi connectivity index (χ1) is 8.94. The number of hydrogen-bond acceptors (Lipinski definition) is 4. The van der Waals surface area contributed by atoms with E-state index in [1.165, 1.54) is 0 Å². The van der Waals surface area contributed by atoms with Crippen molar-refractivity contribution in [2.75, 3.05) is 19.8 Å². The molecule has 0 spiro atoms. The maximum Gasteiger partial charge on any atom is 0.258 e. The topological polar surface area (TPSA) is 56.8 Å². The minimum atomic E-state index is -0.257. The van der Waals surface area contributed by atoms with Crippen LogP contribution in [0.25, 0.3) is 0 Å². The van der Waals surface area contributed by atoms with Crippen LogP contribution in [0.4, 0.5) is 0 Å². The van der Waals surface area contributed by atoms with Crippen molar-refractivity contribution in [3.05, 3.63) is 18.2 Å². The van der Waals surface area contributed by atoms with Crippen LogP contribution in [0.15, 0.2) is 18.2 Å². The predicted molar refractivity (Wildman–Crippen MR) is 70.8 cm³/mol. The molecular formula is C14H19NO4. The third-order valence-corrected chi connectivity index (χ3v) is 2.40. The smallest absolute Gasteiger partial charge is 0.258 e. The molecule has 1 aliphatic heterocycles. The Kier molecular flexibility index (Phi) is 3.83.